The van der Waals surface area contributed by atoms with Crippen LogP contribution in [0.2, 0.25) is 5.02 Å². The molecule has 3 N–H and O–H groups in total. The van der Waals surface area contributed by atoms with Gasteiger partial charge in [0.2, 0.25) is 0 Å². The Balaban J connectivity index is 2.31. The number of ether oxygens (including phenoxy) is 2. The third-order valence-corrected chi connectivity index (χ3v) is 3.40. The summed E-state index contributed by atoms with van der Waals surface area (Å²) in [6.45, 7) is 0. The standard InChI is InChI=1S/C13H18ClN5O2/c1-19-7-9(17-18-19)6-11(16-15)8-4-10(14)13(21-3)12(5-8)20-2/h4-5,7,11,16H,6,15H2,1-3H3. The van der Waals surface area contributed by atoms with Crippen LogP contribution < -0.4 is 20.7 Å². The summed E-state index contributed by atoms with van der Waals surface area (Å²) in [5.74, 6) is 6.70. The number of nitrogens with zero attached hydrogens (tertiary/aromatic N) is 3. The molecule has 0 aliphatic rings. The van der Waals surface area contributed by atoms with Crippen LogP contribution in [0.1, 0.15) is 17.3 Å². The Bertz CT molecular complexity index is 617. The molecule has 1 unspecified atom stereocenters. The van der Waals surface area contributed by atoms with Crippen molar-refractivity contribution in [2.24, 2.45) is 12.9 Å². The van der Waals surface area contributed by atoms with E-state index in [0.29, 0.717) is 22.9 Å². The number of nitrogens with two attached hydrogens (primary N) is 1. The number of rotatable bonds is 6. The summed E-state index contributed by atoms with van der Waals surface area (Å²) in [7, 11) is 4.92. The topological polar surface area (TPSA) is 87.2 Å². The summed E-state index contributed by atoms with van der Waals surface area (Å²) in [4.78, 5) is 0. The molecule has 2 aromatic rings. The van der Waals surface area contributed by atoms with Gasteiger partial charge in [0.25, 0.3) is 0 Å². The van der Waals surface area contributed by atoms with Crippen molar-refractivity contribution < 1.29 is 9.47 Å². The lowest BCUT2D eigenvalue weighted by atomic mass is 10.0. The molecule has 1 atom stereocenters. The smallest absolute Gasteiger partial charge is 0.179 e. The summed E-state index contributed by atoms with van der Waals surface area (Å²) in [5, 5.41) is 8.42. The molecule has 0 aliphatic carbocycles. The van der Waals surface area contributed by atoms with E-state index in [9.17, 15) is 0 Å². The van der Waals surface area contributed by atoms with E-state index >= 15 is 0 Å². The Morgan fingerprint density at radius 2 is 2.14 bits per heavy atom. The summed E-state index contributed by atoms with van der Waals surface area (Å²) in [5.41, 5.74) is 4.47. The largest absolute Gasteiger partial charge is 0.493 e. The van der Waals surface area contributed by atoms with Crippen molar-refractivity contribution in [3.63, 3.8) is 0 Å². The lowest BCUT2D eigenvalue weighted by molar-refractivity contribution is 0.354. The molecule has 114 valence electrons. The highest BCUT2D eigenvalue weighted by molar-refractivity contribution is 6.32. The fraction of sp³-hybridized carbons (Fsp3) is 0.385. The van der Waals surface area contributed by atoms with Gasteiger partial charge < -0.3 is 9.47 Å². The Morgan fingerprint density at radius 3 is 2.67 bits per heavy atom. The van der Waals surface area contributed by atoms with E-state index in [2.05, 4.69) is 15.7 Å². The second-order valence-electron chi connectivity index (χ2n) is 4.55. The molecule has 1 aromatic carbocycles. The molecule has 0 amide bonds. The lowest BCUT2D eigenvalue weighted by Gasteiger charge is -2.18. The summed E-state index contributed by atoms with van der Waals surface area (Å²) in [6, 6.07) is 3.47. The number of halogens is 1. The molecule has 0 saturated heterocycles. The highest BCUT2D eigenvalue weighted by Gasteiger charge is 2.18. The molecule has 1 heterocycles. The van der Waals surface area contributed by atoms with Crippen molar-refractivity contribution in [2.75, 3.05) is 14.2 Å². The van der Waals surface area contributed by atoms with E-state index in [-0.39, 0.29) is 6.04 Å². The average molecular weight is 312 g/mol. The first-order valence-corrected chi connectivity index (χ1v) is 6.69. The third kappa shape index (κ3) is 3.44. The van der Waals surface area contributed by atoms with E-state index in [4.69, 9.17) is 26.9 Å². The van der Waals surface area contributed by atoms with Crippen molar-refractivity contribution >= 4 is 11.6 Å². The number of hydrogen-bond donors (Lipinski definition) is 2. The van der Waals surface area contributed by atoms with Crippen molar-refractivity contribution in [3.05, 3.63) is 34.6 Å². The number of benzene rings is 1. The lowest BCUT2D eigenvalue weighted by Crippen LogP contribution is -2.29. The predicted molar refractivity (Wildman–Crippen MR) is 79.3 cm³/mol. The van der Waals surface area contributed by atoms with E-state index in [0.717, 1.165) is 11.3 Å². The fourth-order valence-electron chi connectivity index (χ4n) is 2.11. The molecular weight excluding hydrogens is 294 g/mol. The van der Waals surface area contributed by atoms with Gasteiger partial charge in [0.05, 0.1) is 31.0 Å². The van der Waals surface area contributed by atoms with Gasteiger partial charge in [-0.25, -0.2) is 0 Å². The summed E-state index contributed by atoms with van der Waals surface area (Å²) in [6.07, 6.45) is 2.42. The van der Waals surface area contributed by atoms with Gasteiger partial charge in [-0.2, -0.15) is 0 Å². The van der Waals surface area contributed by atoms with E-state index in [1.165, 1.54) is 0 Å². The highest BCUT2D eigenvalue weighted by atomic mass is 35.5. The van der Waals surface area contributed by atoms with Crippen LogP contribution >= 0.6 is 11.6 Å². The normalized spacial score (nSPS) is 12.2. The zero-order valence-electron chi connectivity index (χ0n) is 12.1. The zero-order chi connectivity index (χ0) is 15.4. The first-order chi connectivity index (χ1) is 10.1. The van der Waals surface area contributed by atoms with Crippen LogP contribution in [0.5, 0.6) is 11.5 Å². The van der Waals surface area contributed by atoms with Crippen molar-refractivity contribution in [3.8, 4) is 11.5 Å². The van der Waals surface area contributed by atoms with Gasteiger partial charge in [-0.1, -0.05) is 16.8 Å². The van der Waals surface area contributed by atoms with Gasteiger partial charge in [0.1, 0.15) is 0 Å². The first-order valence-electron chi connectivity index (χ1n) is 6.31. The summed E-state index contributed by atoms with van der Waals surface area (Å²) < 4.78 is 12.2. The van der Waals surface area contributed by atoms with E-state index in [1.54, 1.807) is 25.0 Å². The molecule has 7 nitrogen and oxygen atoms in total. The molecule has 0 bridgehead atoms. The van der Waals surface area contributed by atoms with Crippen LogP contribution in [-0.2, 0) is 13.5 Å². The third-order valence-electron chi connectivity index (χ3n) is 3.12. The van der Waals surface area contributed by atoms with Crippen molar-refractivity contribution in [1.82, 2.24) is 20.4 Å². The van der Waals surface area contributed by atoms with Gasteiger partial charge in [0, 0.05) is 19.7 Å². The van der Waals surface area contributed by atoms with Gasteiger partial charge in [-0.3, -0.25) is 16.0 Å². The summed E-state index contributed by atoms with van der Waals surface area (Å²) >= 11 is 6.22. The van der Waals surface area contributed by atoms with Crippen LogP contribution in [0, 0.1) is 0 Å². The number of aryl methyl sites for hydroxylation is 1. The zero-order valence-corrected chi connectivity index (χ0v) is 12.9. The van der Waals surface area contributed by atoms with Crippen LogP contribution in [0.15, 0.2) is 18.3 Å². The predicted octanol–water partition coefficient (Wildman–Crippen LogP) is 1.23. The van der Waals surface area contributed by atoms with E-state index < -0.39 is 0 Å². The molecule has 0 radical (unpaired) electrons. The SMILES string of the molecule is COc1cc(C(Cc2cn(C)nn2)NN)cc(Cl)c1OC. The fourth-order valence-corrected chi connectivity index (χ4v) is 2.41. The molecule has 1 aromatic heterocycles. The van der Waals surface area contributed by atoms with Gasteiger partial charge in [-0.05, 0) is 17.7 Å². The quantitative estimate of drug-likeness (QED) is 0.616. The van der Waals surface area contributed by atoms with Crippen LogP contribution in [0.3, 0.4) is 0 Å². The number of methoxy groups -OCH3 is 2. The minimum Gasteiger partial charge on any atom is -0.493 e. The molecule has 2 rings (SSSR count). The molecule has 0 fully saturated rings. The molecule has 0 saturated carbocycles. The maximum atomic E-state index is 6.22. The average Bonchev–Trinajstić information content (AvgIpc) is 2.89. The van der Waals surface area contributed by atoms with Crippen LogP contribution in [0.4, 0.5) is 0 Å². The van der Waals surface area contributed by atoms with Gasteiger partial charge in [-0.15, -0.1) is 5.10 Å². The minimum atomic E-state index is -0.168. The Labute approximate surface area is 127 Å². The number of hydrogen-bond acceptors (Lipinski definition) is 6. The van der Waals surface area contributed by atoms with Crippen LogP contribution in [0.25, 0.3) is 0 Å². The second-order valence-corrected chi connectivity index (χ2v) is 4.95. The van der Waals surface area contributed by atoms with Gasteiger partial charge in [0.15, 0.2) is 11.5 Å². The van der Waals surface area contributed by atoms with Crippen LogP contribution in [-0.4, -0.2) is 29.2 Å². The molecule has 8 heteroatoms. The van der Waals surface area contributed by atoms with E-state index in [1.807, 2.05) is 19.3 Å². The molecule has 0 aliphatic heterocycles. The second kappa shape index (κ2) is 6.75. The Kier molecular flexibility index (Phi) is 5.00. The maximum absolute atomic E-state index is 6.22. The van der Waals surface area contributed by atoms with Gasteiger partial charge >= 0.3 is 0 Å². The number of nitrogens with one attached hydrogen (secondary N) is 1. The Morgan fingerprint density at radius 1 is 1.38 bits per heavy atom. The number of hydrazine groups is 1. The van der Waals surface area contributed by atoms with Crippen molar-refractivity contribution in [2.45, 2.75) is 12.5 Å². The highest BCUT2D eigenvalue weighted by Crippen LogP contribution is 2.37. The maximum Gasteiger partial charge on any atom is 0.179 e. The molecule has 0 spiro atoms. The van der Waals surface area contributed by atoms with Crippen molar-refractivity contribution in [1.29, 1.82) is 0 Å². The monoisotopic (exact) mass is 311 g/mol. The molecule has 21 heavy (non-hydrogen) atoms. The number of aromatic nitrogens is 3. The molecular formula is C13H18ClN5O2. The minimum absolute atomic E-state index is 0.168. The Hall–Kier alpha value is -1.83. The first kappa shape index (κ1) is 15.6.